The fourth-order valence-corrected chi connectivity index (χ4v) is 2.90. The zero-order valence-electron chi connectivity index (χ0n) is 14.5. The van der Waals surface area contributed by atoms with E-state index < -0.39 is 0 Å². The molecule has 5 heteroatoms. The van der Waals surface area contributed by atoms with Crippen LogP contribution < -0.4 is 10.1 Å². The van der Waals surface area contributed by atoms with Gasteiger partial charge in [-0.15, -0.1) is 0 Å². The SMILES string of the molecule is CCOc1ccccc1C(=O)N=C1C=CC2C(=C1)NC(=O)C(C)=C2C. The average molecular weight is 336 g/mol. The number of amides is 2. The second kappa shape index (κ2) is 6.89. The fourth-order valence-electron chi connectivity index (χ4n) is 2.90. The van der Waals surface area contributed by atoms with Gasteiger partial charge >= 0.3 is 0 Å². The molecule has 0 saturated carbocycles. The van der Waals surface area contributed by atoms with Crippen LogP contribution in [0, 0.1) is 5.92 Å². The molecule has 0 aromatic heterocycles. The van der Waals surface area contributed by atoms with Gasteiger partial charge < -0.3 is 10.1 Å². The monoisotopic (exact) mass is 336 g/mol. The lowest BCUT2D eigenvalue weighted by Gasteiger charge is -2.28. The Bertz CT molecular complexity index is 859. The van der Waals surface area contributed by atoms with E-state index in [1.54, 1.807) is 24.3 Å². The van der Waals surface area contributed by atoms with Crippen molar-refractivity contribution >= 4 is 17.5 Å². The molecule has 128 valence electrons. The summed E-state index contributed by atoms with van der Waals surface area (Å²) in [5.41, 5.74) is 3.42. The molecule has 1 unspecified atom stereocenters. The highest BCUT2D eigenvalue weighted by molar-refractivity contribution is 6.14. The van der Waals surface area contributed by atoms with Gasteiger partial charge in [-0.05, 0) is 45.1 Å². The van der Waals surface area contributed by atoms with E-state index in [1.165, 1.54) is 0 Å². The average Bonchev–Trinajstić information content (AvgIpc) is 2.60. The van der Waals surface area contributed by atoms with Crippen molar-refractivity contribution in [2.24, 2.45) is 10.9 Å². The Morgan fingerprint density at radius 1 is 1.28 bits per heavy atom. The van der Waals surface area contributed by atoms with Crippen LogP contribution in [0.2, 0.25) is 0 Å². The zero-order valence-corrected chi connectivity index (χ0v) is 14.5. The molecule has 2 amide bonds. The predicted octanol–water partition coefficient (Wildman–Crippen LogP) is 3.20. The van der Waals surface area contributed by atoms with Gasteiger partial charge in [0.25, 0.3) is 11.8 Å². The minimum absolute atomic E-state index is 0.0301. The number of carbonyl (C=O) groups is 2. The number of fused-ring (bicyclic) bond motifs is 1. The van der Waals surface area contributed by atoms with Crippen LogP contribution in [0.4, 0.5) is 0 Å². The van der Waals surface area contributed by atoms with Gasteiger partial charge in [0.1, 0.15) is 5.75 Å². The van der Waals surface area contributed by atoms with Crippen molar-refractivity contribution in [2.75, 3.05) is 6.61 Å². The standard InChI is InChI=1S/C20H20N2O3/c1-4-25-18-8-6-5-7-16(18)20(24)21-14-9-10-15-12(2)13(3)19(23)22-17(15)11-14/h5-11,15H,4H2,1-3H3,(H,22,23). The van der Waals surface area contributed by atoms with E-state index in [9.17, 15) is 9.59 Å². The van der Waals surface area contributed by atoms with Gasteiger partial charge in [0, 0.05) is 17.2 Å². The van der Waals surface area contributed by atoms with Crippen LogP contribution in [0.1, 0.15) is 31.1 Å². The van der Waals surface area contributed by atoms with Gasteiger partial charge in [-0.1, -0.05) is 23.8 Å². The maximum Gasteiger partial charge on any atom is 0.281 e. The molecule has 0 spiro atoms. The first-order valence-corrected chi connectivity index (χ1v) is 8.24. The lowest BCUT2D eigenvalue weighted by Crippen LogP contribution is -2.35. The number of rotatable bonds is 3. The molecule has 5 nitrogen and oxygen atoms in total. The molecule has 1 aromatic carbocycles. The summed E-state index contributed by atoms with van der Waals surface area (Å²) in [7, 11) is 0. The summed E-state index contributed by atoms with van der Waals surface area (Å²) < 4.78 is 5.49. The van der Waals surface area contributed by atoms with Crippen molar-refractivity contribution in [3.63, 3.8) is 0 Å². The third-order valence-electron chi connectivity index (χ3n) is 4.40. The molecular formula is C20H20N2O3. The first kappa shape index (κ1) is 16.9. The second-order valence-corrected chi connectivity index (χ2v) is 5.97. The molecule has 1 aromatic rings. The minimum atomic E-state index is -0.371. The van der Waals surface area contributed by atoms with Crippen molar-refractivity contribution in [3.05, 3.63) is 64.9 Å². The topological polar surface area (TPSA) is 67.8 Å². The molecule has 3 rings (SSSR count). The smallest absolute Gasteiger partial charge is 0.281 e. The molecule has 0 fully saturated rings. The van der Waals surface area contributed by atoms with Crippen LogP contribution in [-0.4, -0.2) is 24.1 Å². The summed E-state index contributed by atoms with van der Waals surface area (Å²) in [6, 6.07) is 7.04. The van der Waals surface area contributed by atoms with E-state index in [2.05, 4.69) is 10.3 Å². The lowest BCUT2D eigenvalue weighted by atomic mass is 9.85. The highest BCUT2D eigenvalue weighted by atomic mass is 16.5. The molecule has 0 radical (unpaired) electrons. The Morgan fingerprint density at radius 2 is 2.04 bits per heavy atom. The quantitative estimate of drug-likeness (QED) is 0.921. The van der Waals surface area contributed by atoms with Crippen molar-refractivity contribution in [3.8, 4) is 5.75 Å². The molecule has 25 heavy (non-hydrogen) atoms. The number of nitrogens with zero attached hydrogens (tertiary/aromatic N) is 1. The predicted molar refractivity (Wildman–Crippen MR) is 96.6 cm³/mol. The first-order chi connectivity index (χ1) is 12.0. The van der Waals surface area contributed by atoms with Crippen LogP contribution in [0.25, 0.3) is 0 Å². The lowest BCUT2D eigenvalue weighted by molar-refractivity contribution is -0.117. The normalized spacial score (nSPS) is 20.9. The molecule has 1 aliphatic heterocycles. The number of allylic oxidation sites excluding steroid dienone is 3. The van der Waals surface area contributed by atoms with Crippen LogP contribution in [-0.2, 0) is 4.79 Å². The molecular weight excluding hydrogens is 316 g/mol. The molecule has 1 aliphatic carbocycles. The van der Waals surface area contributed by atoms with Gasteiger partial charge in [0.2, 0.25) is 0 Å². The van der Waals surface area contributed by atoms with Crippen LogP contribution >= 0.6 is 0 Å². The van der Waals surface area contributed by atoms with Gasteiger partial charge in [-0.2, -0.15) is 0 Å². The molecule has 0 bridgehead atoms. The summed E-state index contributed by atoms with van der Waals surface area (Å²) in [6.45, 7) is 6.10. The Hall–Kier alpha value is -2.95. The maximum absolute atomic E-state index is 12.5. The third-order valence-corrected chi connectivity index (χ3v) is 4.40. The van der Waals surface area contributed by atoms with Crippen LogP contribution in [0.3, 0.4) is 0 Å². The largest absolute Gasteiger partial charge is 0.493 e. The Kier molecular flexibility index (Phi) is 4.65. The summed E-state index contributed by atoms with van der Waals surface area (Å²) in [4.78, 5) is 28.7. The minimum Gasteiger partial charge on any atom is -0.493 e. The van der Waals surface area contributed by atoms with Crippen molar-refractivity contribution < 1.29 is 14.3 Å². The number of carbonyl (C=O) groups excluding carboxylic acids is 2. The van der Waals surface area contributed by atoms with Gasteiger partial charge in [0.05, 0.1) is 17.9 Å². The molecule has 1 N–H and O–H groups in total. The second-order valence-electron chi connectivity index (χ2n) is 5.97. The van der Waals surface area contributed by atoms with E-state index in [0.29, 0.717) is 23.6 Å². The maximum atomic E-state index is 12.5. The summed E-state index contributed by atoms with van der Waals surface area (Å²) in [5.74, 6) is 0.0692. The van der Waals surface area contributed by atoms with Gasteiger partial charge in [-0.3, -0.25) is 9.59 Å². The van der Waals surface area contributed by atoms with E-state index in [1.807, 2.05) is 39.0 Å². The van der Waals surface area contributed by atoms with Crippen molar-refractivity contribution in [1.29, 1.82) is 0 Å². The van der Waals surface area contributed by atoms with E-state index in [0.717, 1.165) is 16.8 Å². The van der Waals surface area contributed by atoms with Gasteiger partial charge in [0.15, 0.2) is 0 Å². The first-order valence-electron chi connectivity index (χ1n) is 8.24. The molecule has 1 heterocycles. The summed E-state index contributed by atoms with van der Waals surface area (Å²) >= 11 is 0. The fraction of sp³-hybridized carbons (Fsp3) is 0.250. The number of benzene rings is 1. The number of ether oxygens (including phenoxy) is 1. The Labute approximate surface area is 146 Å². The van der Waals surface area contributed by atoms with Crippen molar-refractivity contribution in [1.82, 2.24) is 5.32 Å². The Morgan fingerprint density at radius 3 is 2.80 bits per heavy atom. The Balaban J connectivity index is 1.90. The highest BCUT2D eigenvalue weighted by Crippen LogP contribution is 2.30. The molecule has 1 atom stereocenters. The number of nitrogens with one attached hydrogen (secondary N) is 1. The third kappa shape index (κ3) is 3.31. The summed E-state index contributed by atoms with van der Waals surface area (Å²) in [5, 5.41) is 2.87. The van der Waals surface area contributed by atoms with E-state index >= 15 is 0 Å². The van der Waals surface area contributed by atoms with Crippen molar-refractivity contribution in [2.45, 2.75) is 20.8 Å². The van der Waals surface area contributed by atoms with Crippen LogP contribution in [0.5, 0.6) is 5.75 Å². The van der Waals surface area contributed by atoms with Crippen LogP contribution in [0.15, 0.2) is 64.3 Å². The molecule has 0 saturated heterocycles. The summed E-state index contributed by atoms with van der Waals surface area (Å²) in [6.07, 6.45) is 5.51. The van der Waals surface area contributed by atoms with E-state index in [4.69, 9.17) is 4.74 Å². The zero-order chi connectivity index (χ0) is 18.0. The van der Waals surface area contributed by atoms with E-state index in [-0.39, 0.29) is 17.7 Å². The van der Waals surface area contributed by atoms with Gasteiger partial charge in [-0.25, -0.2) is 4.99 Å². The number of aliphatic imine (C=N–C) groups is 1. The molecule has 2 aliphatic rings. The number of hydrogen-bond acceptors (Lipinski definition) is 3. The number of para-hydroxylation sites is 1. The number of hydrogen-bond donors (Lipinski definition) is 1. The highest BCUT2D eigenvalue weighted by Gasteiger charge is 2.27.